The van der Waals surface area contributed by atoms with Crippen LogP contribution in [0.1, 0.15) is 32.3 Å². The van der Waals surface area contributed by atoms with Crippen molar-refractivity contribution in [2.75, 3.05) is 18.4 Å². The Morgan fingerprint density at radius 1 is 1.13 bits per heavy atom. The Bertz CT molecular complexity index is 592. The van der Waals surface area contributed by atoms with Gasteiger partial charge in [0.1, 0.15) is 5.54 Å². The van der Waals surface area contributed by atoms with Crippen LogP contribution in [0.4, 0.5) is 5.69 Å². The number of nitrogens with one attached hydrogen (secondary N) is 2. The van der Waals surface area contributed by atoms with E-state index in [0.29, 0.717) is 23.9 Å². The molecule has 0 radical (unpaired) electrons. The van der Waals surface area contributed by atoms with Gasteiger partial charge in [-0.05, 0) is 57.6 Å². The van der Waals surface area contributed by atoms with Crippen LogP contribution in [0.3, 0.4) is 0 Å². The summed E-state index contributed by atoms with van der Waals surface area (Å²) < 4.78 is 0. The molecule has 2 bridgehead atoms. The second-order valence-corrected chi connectivity index (χ2v) is 8.03. The number of amides is 1. The van der Waals surface area contributed by atoms with E-state index < -0.39 is 5.54 Å². The number of carbonyl (C=O) groups is 1. The molecule has 1 aromatic rings. The molecule has 1 amide bonds. The lowest BCUT2D eigenvalue weighted by atomic mass is 9.82. The second kappa shape index (κ2) is 5.23. The van der Waals surface area contributed by atoms with Crippen molar-refractivity contribution in [3.63, 3.8) is 0 Å². The first kappa shape index (κ1) is 15.0. The Balaban J connectivity index is 1.53. The summed E-state index contributed by atoms with van der Waals surface area (Å²) in [7, 11) is 0. The van der Waals surface area contributed by atoms with Gasteiger partial charge in [-0.3, -0.25) is 4.79 Å². The normalized spacial score (nSPS) is 32.2. The van der Waals surface area contributed by atoms with Gasteiger partial charge < -0.3 is 15.5 Å². The van der Waals surface area contributed by atoms with Crippen LogP contribution in [0.25, 0.3) is 0 Å². The monoisotopic (exact) mass is 313 g/mol. The lowest BCUT2D eigenvalue weighted by Gasteiger charge is -2.34. The van der Waals surface area contributed by atoms with Crippen LogP contribution in [0.5, 0.6) is 0 Å². The molecule has 0 aliphatic carbocycles. The maximum absolute atomic E-state index is 13.3. The van der Waals surface area contributed by atoms with Gasteiger partial charge >= 0.3 is 0 Å². The third-order valence-electron chi connectivity index (χ3n) is 6.05. The van der Waals surface area contributed by atoms with Gasteiger partial charge in [0.05, 0.1) is 0 Å². The van der Waals surface area contributed by atoms with Gasteiger partial charge in [-0.25, -0.2) is 0 Å². The zero-order chi connectivity index (χ0) is 16.2. The highest BCUT2D eigenvalue weighted by Crippen LogP contribution is 2.48. The molecule has 0 spiro atoms. The van der Waals surface area contributed by atoms with Crippen LogP contribution < -0.4 is 10.6 Å². The van der Waals surface area contributed by atoms with Gasteiger partial charge in [-0.1, -0.05) is 17.7 Å². The highest BCUT2D eigenvalue weighted by molar-refractivity contribution is 5.89. The highest BCUT2D eigenvalue weighted by atomic mass is 16.2. The molecule has 4 heteroatoms. The van der Waals surface area contributed by atoms with Crippen molar-refractivity contribution in [2.45, 2.75) is 51.2 Å². The lowest BCUT2D eigenvalue weighted by Crippen LogP contribution is -2.53. The predicted octanol–water partition coefficient (Wildman–Crippen LogP) is 2.39. The Hall–Kier alpha value is -1.55. The van der Waals surface area contributed by atoms with Crippen LogP contribution in [0.15, 0.2) is 24.3 Å². The van der Waals surface area contributed by atoms with Crippen LogP contribution in [-0.4, -0.2) is 41.5 Å². The van der Waals surface area contributed by atoms with Crippen molar-refractivity contribution in [3.8, 4) is 0 Å². The summed E-state index contributed by atoms with van der Waals surface area (Å²) in [5.74, 6) is 1.61. The molecule has 1 aromatic carbocycles. The molecule has 0 saturated carbocycles. The van der Waals surface area contributed by atoms with E-state index in [2.05, 4.69) is 46.7 Å². The van der Waals surface area contributed by atoms with E-state index in [9.17, 15) is 4.79 Å². The van der Waals surface area contributed by atoms with Crippen LogP contribution in [0, 0.1) is 18.8 Å². The molecular weight excluding hydrogens is 286 g/mol. The number of hydrogen-bond donors (Lipinski definition) is 2. The van der Waals surface area contributed by atoms with E-state index in [0.717, 1.165) is 18.8 Å². The first-order chi connectivity index (χ1) is 11.0. The third-order valence-corrected chi connectivity index (χ3v) is 6.05. The van der Waals surface area contributed by atoms with Crippen LogP contribution >= 0.6 is 0 Å². The number of nitrogens with zero attached hydrogens (tertiary/aromatic N) is 1. The molecule has 4 nitrogen and oxygen atoms in total. The number of hydrogen-bond acceptors (Lipinski definition) is 3. The molecule has 3 saturated heterocycles. The molecule has 3 aliphatic rings. The van der Waals surface area contributed by atoms with E-state index in [1.807, 2.05) is 13.8 Å². The van der Waals surface area contributed by atoms with E-state index >= 15 is 0 Å². The minimum absolute atomic E-state index is 0.264. The topological polar surface area (TPSA) is 44.4 Å². The van der Waals surface area contributed by atoms with Gasteiger partial charge in [-0.2, -0.15) is 0 Å². The molecule has 4 rings (SSSR count). The molecule has 3 heterocycles. The van der Waals surface area contributed by atoms with Gasteiger partial charge in [0.2, 0.25) is 5.91 Å². The summed E-state index contributed by atoms with van der Waals surface area (Å²) >= 11 is 0. The first-order valence-corrected chi connectivity index (χ1v) is 8.86. The molecule has 124 valence electrons. The molecular formula is C19H27N3O. The lowest BCUT2D eigenvalue weighted by molar-refractivity contribution is -0.136. The number of aryl methyl sites for hydroxylation is 1. The second-order valence-electron chi connectivity index (χ2n) is 8.03. The molecule has 3 fully saturated rings. The highest BCUT2D eigenvalue weighted by Gasteiger charge is 2.57. The minimum atomic E-state index is -0.567. The fourth-order valence-corrected chi connectivity index (χ4v) is 4.94. The van der Waals surface area contributed by atoms with Crippen LogP contribution in [0.2, 0.25) is 0 Å². The number of carbonyl (C=O) groups excluding carboxylic acids is 1. The van der Waals surface area contributed by atoms with Crippen molar-refractivity contribution in [1.82, 2.24) is 10.2 Å². The van der Waals surface area contributed by atoms with Crippen molar-refractivity contribution in [3.05, 3.63) is 29.8 Å². The van der Waals surface area contributed by atoms with Crippen molar-refractivity contribution < 1.29 is 4.79 Å². The summed E-state index contributed by atoms with van der Waals surface area (Å²) in [4.78, 5) is 15.5. The van der Waals surface area contributed by atoms with E-state index in [4.69, 9.17) is 0 Å². The number of rotatable bonds is 3. The molecule has 2 N–H and O–H groups in total. The number of benzene rings is 1. The summed E-state index contributed by atoms with van der Waals surface area (Å²) in [6, 6.07) is 9.18. The van der Waals surface area contributed by atoms with Crippen molar-refractivity contribution in [1.29, 1.82) is 0 Å². The largest absolute Gasteiger partial charge is 0.372 e. The van der Waals surface area contributed by atoms with Gasteiger partial charge in [-0.15, -0.1) is 0 Å². The quantitative estimate of drug-likeness (QED) is 0.900. The molecule has 4 atom stereocenters. The van der Waals surface area contributed by atoms with Crippen molar-refractivity contribution >= 4 is 11.6 Å². The molecule has 0 unspecified atom stereocenters. The van der Waals surface area contributed by atoms with E-state index in [1.54, 1.807) is 0 Å². The summed E-state index contributed by atoms with van der Waals surface area (Å²) in [6.45, 7) is 8.28. The average Bonchev–Trinajstić information content (AvgIpc) is 3.19. The Kier molecular flexibility index (Phi) is 3.41. The maximum atomic E-state index is 13.3. The predicted molar refractivity (Wildman–Crippen MR) is 92.4 cm³/mol. The first-order valence-electron chi connectivity index (χ1n) is 8.86. The summed E-state index contributed by atoms with van der Waals surface area (Å²) in [5.41, 5.74) is 1.68. The fourth-order valence-electron chi connectivity index (χ4n) is 4.94. The average molecular weight is 313 g/mol. The number of fused-ring (bicyclic) bond motifs is 5. The number of anilines is 1. The zero-order valence-electron chi connectivity index (χ0n) is 14.3. The Labute approximate surface area is 138 Å². The van der Waals surface area contributed by atoms with Gasteiger partial charge in [0.25, 0.3) is 0 Å². The van der Waals surface area contributed by atoms with Gasteiger partial charge in [0, 0.05) is 30.9 Å². The summed E-state index contributed by atoms with van der Waals surface area (Å²) in [6.07, 6.45) is 2.36. The van der Waals surface area contributed by atoms with E-state index in [-0.39, 0.29) is 5.91 Å². The van der Waals surface area contributed by atoms with Crippen LogP contribution in [-0.2, 0) is 4.79 Å². The zero-order valence-corrected chi connectivity index (χ0v) is 14.3. The SMILES string of the molecule is Cc1ccc(NC(C)(C)C(=O)N2[C@@H]3CC[C@H]2[C@H]2CNC[C@H]23)cc1. The maximum Gasteiger partial charge on any atom is 0.248 e. The van der Waals surface area contributed by atoms with E-state index in [1.165, 1.54) is 18.4 Å². The smallest absolute Gasteiger partial charge is 0.248 e. The fraction of sp³-hybridized carbons (Fsp3) is 0.632. The van der Waals surface area contributed by atoms with Gasteiger partial charge in [0.15, 0.2) is 0 Å². The molecule has 0 aromatic heterocycles. The Morgan fingerprint density at radius 3 is 2.26 bits per heavy atom. The summed E-state index contributed by atoms with van der Waals surface area (Å²) in [5, 5.41) is 6.96. The minimum Gasteiger partial charge on any atom is -0.372 e. The third kappa shape index (κ3) is 2.35. The molecule has 23 heavy (non-hydrogen) atoms. The Morgan fingerprint density at radius 2 is 1.70 bits per heavy atom. The van der Waals surface area contributed by atoms with Crippen molar-refractivity contribution in [2.24, 2.45) is 11.8 Å². The standard InChI is InChI=1S/C19H27N3O/c1-12-4-6-13(7-5-12)21-19(2,3)18(23)22-16-8-9-17(22)15-11-20-10-14(15)16/h4-7,14-17,20-21H,8-11H2,1-3H3/t14-,15+,16-,17+. The molecule has 3 aliphatic heterocycles.